The standard InChI is InChI=1S/C20H25N3OS/c1-12(2)20(6,11-21)23-19(24)15(5)25-17-10-14(4)16-9-7-8-13(3)18(16)22-17/h7-10,12,15H,1-6H3,(H,23,24)/t15-,20-/m1/s1. The highest BCUT2D eigenvalue weighted by Gasteiger charge is 2.31. The lowest BCUT2D eigenvalue weighted by Crippen LogP contribution is -2.51. The van der Waals surface area contributed by atoms with Crippen LogP contribution in [0, 0.1) is 31.1 Å². The van der Waals surface area contributed by atoms with E-state index in [0.29, 0.717) is 0 Å². The Kier molecular flexibility index (Phi) is 5.74. The minimum atomic E-state index is -0.866. The molecule has 0 bridgehead atoms. The van der Waals surface area contributed by atoms with E-state index in [4.69, 9.17) is 4.98 Å². The quantitative estimate of drug-likeness (QED) is 0.808. The lowest BCUT2D eigenvalue weighted by Gasteiger charge is -2.28. The Morgan fingerprint density at radius 1 is 1.28 bits per heavy atom. The van der Waals surface area contributed by atoms with Gasteiger partial charge in [-0.2, -0.15) is 5.26 Å². The van der Waals surface area contributed by atoms with Crippen LogP contribution in [0.25, 0.3) is 10.9 Å². The van der Waals surface area contributed by atoms with E-state index >= 15 is 0 Å². The molecule has 0 aliphatic heterocycles. The Morgan fingerprint density at radius 3 is 2.56 bits per heavy atom. The molecule has 1 aromatic carbocycles. The zero-order valence-corrected chi connectivity index (χ0v) is 16.5. The molecular formula is C20H25N3OS. The van der Waals surface area contributed by atoms with Crippen molar-refractivity contribution >= 4 is 28.6 Å². The average molecular weight is 356 g/mol. The molecule has 0 radical (unpaired) electrons. The fourth-order valence-electron chi connectivity index (χ4n) is 2.48. The first-order valence-electron chi connectivity index (χ1n) is 8.45. The minimum Gasteiger partial charge on any atom is -0.337 e. The molecule has 132 valence electrons. The van der Waals surface area contributed by atoms with Crippen LogP contribution in [0.4, 0.5) is 0 Å². The molecular weight excluding hydrogens is 330 g/mol. The molecule has 0 saturated carbocycles. The van der Waals surface area contributed by atoms with Gasteiger partial charge < -0.3 is 5.32 Å². The number of rotatable bonds is 5. The molecule has 0 fully saturated rings. The smallest absolute Gasteiger partial charge is 0.234 e. The zero-order valence-electron chi connectivity index (χ0n) is 15.7. The molecule has 0 aliphatic carbocycles. The maximum Gasteiger partial charge on any atom is 0.234 e. The summed E-state index contributed by atoms with van der Waals surface area (Å²) in [4.78, 5) is 17.3. The van der Waals surface area contributed by atoms with Crippen molar-refractivity contribution in [3.8, 4) is 6.07 Å². The van der Waals surface area contributed by atoms with E-state index in [1.165, 1.54) is 11.8 Å². The predicted octanol–water partition coefficient (Wildman–Crippen LogP) is 4.39. The predicted molar refractivity (Wildman–Crippen MR) is 104 cm³/mol. The SMILES string of the molecule is Cc1cc(S[C@H](C)C(=O)N[C@](C)(C#N)C(C)C)nc2c(C)cccc12. The number of carbonyl (C=O) groups is 1. The van der Waals surface area contributed by atoms with Crippen LogP contribution in [-0.4, -0.2) is 21.7 Å². The maximum absolute atomic E-state index is 12.5. The molecule has 5 heteroatoms. The van der Waals surface area contributed by atoms with Crippen LogP contribution in [0.2, 0.25) is 0 Å². The summed E-state index contributed by atoms with van der Waals surface area (Å²) >= 11 is 1.42. The number of benzene rings is 1. The van der Waals surface area contributed by atoms with E-state index in [1.807, 2.05) is 45.9 Å². The summed E-state index contributed by atoms with van der Waals surface area (Å²) in [6, 6.07) is 10.4. The van der Waals surface area contributed by atoms with Crippen LogP contribution in [-0.2, 0) is 4.79 Å². The van der Waals surface area contributed by atoms with Gasteiger partial charge in [-0.15, -0.1) is 0 Å². The van der Waals surface area contributed by atoms with Gasteiger partial charge in [0, 0.05) is 5.39 Å². The highest BCUT2D eigenvalue weighted by atomic mass is 32.2. The van der Waals surface area contributed by atoms with E-state index in [2.05, 4.69) is 24.4 Å². The Hall–Kier alpha value is -2.06. The molecule has 25 heavy (non-hydrogen) atoms. The molecule has 2 aromatic rings. The number of hydrogen-bond acceptors (Lipinski definition) is 4. The summed E-state index contributed by atoms with van der Waals surface area (Å²) in [5, 5.41) is 13.9. The number of aromatic nitrogens is 1. The van der Waals surface area contributed by atoms with E-state index < -0.39 is 5.54 Å². The van der Waals surface area contributed by atoms with Crippen molar-refractivity contribution in [3.05, 3.63) is 35.4 Å². The number of fused-ring (bicyclic) bond motifs is 1. The lowest BCUT2D eigenvalue weighted by molar-refractivity contribution is -0.121. The number of amides is 1. The second kappa shape index (κ2) is 7.45. The van der Waals surface area contributed by atoms with Crippen molar-refractivity contribution < 1.29 is 4.79 Å². The molecule has 0 saturated heterocycles. The average Bonchev–Trinajstić information content (AvgIpc) is 2.55. The topological polar surface area (TPSA) is 65.8 Å². The number of nitriles is 1. The number of carbonyl (C=O) groups excluding carboxylic acids is 1. The van der Waals surface area contributed by atoms with Crippen molar-refractivity contribution in [2.24, 2.45) is 5.92 Å². The van der Waals surface area contributed by atoms with Gasteiger partial charge in [0.2, 0.25) is 5.91 Å². The van der Waals surface area contributed by atoms with Gasteiger partial charge in [0.05, 0.1) is 21.9 Å². The largest absolute Gasteiger partial charge is 0.337 e. The summed E-state index contributed by atoms with van der Waals surface area (Å²) < 4.78 is 0. The monoisotopic (exact) mass is 355 g/mol. The van der Waals surface area contributed by atoms with Gasteiger partial charge in [0.1, 0.15) is 5.54 Å². The first kappa shape index (κ1) is 19.3. The highest BCUT2D eigenvalue weighted by Crippen LogP contribution is 2.28. The maximum atomic E-state index is 12.5. The van der Waals surface area contributed by atoms with Crippen molar-refractivity contribution in [2.45, 2.75) is 57.4 Å². The molecule has 0 spiro atoms. The van der Waals surface area contributed by atoms with Gasteiger partial charge in [-0.1, -0.05) is 43.8 Å². The van der Waals surface area contributed by atoms with Crippen molar-refractivity contribution in [1.29, 1.82) is 5.26 Å². The summed E-state index contributed by atoms with van der Waals surface area (Å²) in [5.74, 6) is -0.116. The van der Waals surface area contributed by atoms with Crippen molar-refractivity contribution in [1.82, 2.24) is 10.3 Å². The fraction of sp³-hybridized carbons (Fsp3) is 0.450. The van der Waals surface area contributed by atoms with Crippen LogP contribution in [0.15, 0.2) is 29.3 Å². The zero-order chi connectivity index (χ0) is 18.8. The first-order chi connectivity index (χ1) is 11.7. The molecule has 2 rings (SSSR count). The third kappa shape index (κ3) is 4.13. The molecule has 0 aliphatic rings. The molecule has 1 N–H and O–H groups in total. The number of aryl methyl sites for hydroxylation is 2. The van der Waals surface area contributed by atoms with Gasteiger partial charge in [-0.05, 0) is 50.8 Å². The molecule has 0 unspecified atom stereocenters. The first-order valence-corrected chi connectivity index (χ1v) is 9.33. The van der Waals surface area contributed by atoms with E-state index in [1.54, 1.807) is 6.92 Å². The summed E-state index contributed by atoms with van der Waals surface area (Å²) in [5.41, 5.74) is 2.38. The van der Waals surface area contributed by atoms with Crippen LogP contribution in [0.5, 0.6) is 0 Å². The van der Waals surface area contributed by atoms with Crippen LogP contribution < -0.4 is 5.32 Å². The Morgan fingerprint density at radius 2 is 1.96 bits per heavy atom. The van der Waals surface area contributed by atoms with Gasteiger partial charge in [-0.25, -0.2) is 4.98 Å². The van der Waals surface area contributed by atoms with Crippen LogP contribution in [0.1, 0.15) is 38.8 Å². The second-order valence-electron chi connectivity index (χ2n) is 6.97. The summed E-state index contributed by atoms with van der Waals surface area (Å²) in [6.45, 7) is 11.6. The van der Waals surface area contributed by atoms with E-state index in [9.17, 15) is 10.1 Å². The third-order valence-corrected chi connectivity index (χ3v) is 5.68. The van der Waals surface area contributed by atoms with Crippen LogP contribution >= 0.6 is 11.8 Å². The number of para-hydroxylation sites is 1. The number of nitrogens with one attached hydrogen (secondary N) is 1. The second-order valence-corrected chi connectivity index (χ2v) is 8.33. The normalized spacial score (nSPS) is 14.8. The fourth-order valence-corrected chi connectivity index (χ4v) is 3.40. The van der Waals surface area contributed by atoms with Crippen LogP contribution in [0.3, 0.4) is 0 Å². The lowest BCUT2D eigenvalue weighted by atomic mass is 9.90. The Labute approximate surface area is 154 Å². The number of thioether (sulfide) groups is 1. The number of pyridine rings is 1. The van der Waals surface area contributed by atoms with Gasteiger partial charge in [-0.3, -0.25) is 4.79 Å². The Balaban J connectivity index is 2.22. The summed E-state index contributed by atoms with van der Waals surface area (Å²) in [6.07, 6.45) is 0. The van der Waals surface area contributed by atoms with Crippen molar-refractivity contribution in [2.75, 3.05) is 0 Å². The van der Waals surface area contributed by atoms with Crippen molar-refractivity contribution in [3.63, 3.8) is 0 Å². The molecule has 1 heterocycles. The molecule has 1 amide bonds. The summed E-state index contributed by atoms with van der Waals surface area (Å²) in [7, 11) is 0. The van der Waals surface area contributed by atoms with Gasteiger partial charge in [0.15, 0.2) is 0 Å². The molecule has 2 atom stereocenters. The Bertz CT molecular complexity index is 841. The third-order valence-electron chi connectivity index (χ3n) is 4.66. The number of nitrogens with zero attached hydrogens (tertiary/aromatic N) is 2. The minimum absolute atomic E-state index is 0.0299. The molecule has 4 nitrogen and oxygen atoms in total. The van der Waals surface area contributed by atoms with Gasteiger partial charge >= 0.3 is 0 Å². The number of hydrogen-bond donors (Lipinski definition) is 1. The van der Waals surface area contributed by atoms with E-state index in [0.717, 1.165) is 27.1 Å². The highest BCUT2D eigenvalue weighted by molar-refractivity contribution is 8.00. The van der Waals surface area contributed by atoms with E-state index in [-0.39, 0.29) is 17.1 Å². The van der Waals surface area contributed by atoms with Gasteiger partial charge in [0.25, 0.3) is 0 Å². The molecule has 1 aromatic heterocycles.